The van der Waals surface area contributed by atoms with Gasteiger partial charge in [0.2, 0.25) is 0 Å². The van der Waals surface area contributed by atoms with Crippen LogP contribution in [0.3, 0.4) is 0 Å². The largest absolute Gasteiger partial charge is 0.346 e. The van der Waals surface area contributed by atoms with Crippen LogP contribution < -0.4 is 0 Å². The Morgan fingerprint density at radius 2 is 2.33 bits per heavy atom. The minimum Gasteiger partial charge on any atom is -0.346 e. The summed E-state index contributed by atoms with van der Waals surface area (Å²) in [6, 6.07) is 2.18. The highest BCUT2D eigenvalue weighted by Gasteiger charge is 2.11. The molecule has 12 heavy (non-hydrogen) atoms. The molecule has 0 aliphatic carbocycles. The molecule has 0 aliphatic heterocycles. The van der Waals surface area contributed by atoms with Gasteiger partial charge in [0.25, 0.3) is 0 Å². The van der Waals surface area contributed by atoms with Crippen LogP contribution in [-0.4, -0.2) is 9.97 Å². The van der Waals surface area contributed by atoms with Crippen LogP contribution in [0.15, 0.2) is 0 Å². The first-order valence-electron chi connectivity index (χ1n) is 4.14. The summed E-state index contributed by atoms with van der Waals surface area (Å²) in [6.45, 7) is 5.86. The van der Waals surface area contributed by atoms with E-state index in [1.807, 2.05) is 20.8 Å². The van der Waals surface area contributed by atoms with Crippen molar-refractivity contribution in [3.63, 3.8) is 0 Å². The molecule has 0 aliphatic rings. The Hall–Kier alpha value is -1.30. The van der Waals surface area contributed by atoms with Gasteiger partial charge in [0.15, 0.2) is 0 Å². The van der Waals surface area contributed by atoms with Crippen LogP contribution in [0.1, 0.15) is 37.0 Å². The maximum Gasteiger partial charge on any atom is 0.106 e. The van der Waals surface area contributed by atoms with Gasteiger partial charge in [-0.3, -0.25) is 0 Å². The molecule has 0 saturated carbocycles. The van der Waals surface area contributed by atoms with E-state index < -0.39 is 0 Å². The third-order valence-corrected chi connectivity index (χ3v) is 1.91. The third kappa shape index (κ3) is 1.48. The van der Waals surface area contributed by atoms with Crippen LogP contribution in [0, 0.1) is 18.3 Å². The number of H-pyrrole nitrogens is 1. The first-order valence-corrected chi connectivity index (χ1v) is 4.14. The second-order valence-corrected chi connectivity index (χ2v) is 2.90. The summed E-state index contributed by atoms with van der Waals surface area (Å²) in [5, 5.41) is 8.69. The van der Waals surface area contributed by atoms with Crippen LogP contribution in [0.5, 0.6) is 0 Å². The van der Waals surface area contributed by atoms with E-state index in [-0.39, 0.29) is 5.92 Å². The molecule has 0 bridgehead atoms. The van der Waals surface area contributed by atoms with Gasteiger partial charge in [-0.1, -0.05) is 6.92 Å². The highest BCUT2D eigenvalue weighted by Crippen LogP contribution is 2.15. The average Bonchev–Trinajstić information content (AvgIpc) is 2.45. The third-order valence-electron chi connectivity index (χ3n) is 1.91. The maximum absolute atomic E-state index is 8.69. The number of imidazole rings is 1. The monoisotopic (exact) mass is 163 g/mol. The molecule has 1 aromatic heterocycles. The van der Waals surface area contributed by atoms with Crippen LogP contribution in [-0.2, 0) is 6.42 Å². The Morgan fingerprint density at radius 1 is 1.67 bits per heavy atom. The zero-order chi connectivity index (χ0) is 9.14. The fourth-order valence-electron chi connectivity index (χ4n) is 1.19. The smallest absolute Gasteiger partial charge is 0.106 e. The van der Waals surface area contributed by atoms with E-state index in [9.17, 15) is 0 Å². The van der Waals surface area contributed by atoms with Crippen molar-refractivity contribution in [2.75, 3.05) is 0 Å². The molecule has 3 nitrogen and oxygen atoms in total. The topological polar surface area (TPSA) is 52.5 Å². The standard InChI is InChI=1S/C9H13N3/c1-4-8-11-7(3)9(12-8)6(2)5-10/h6H,4H2,1-3H3,(H,11,12)/t6-/m1/s1. The predicted octanol–water partition coefficient (Wildman–Crippen LogP) is 1.91. The highest BCUT2D eigenvalue weighted by atomic mass is 14.9. The lowest BCUT2D eigenvalue weighted by Gasteiger charge is -1.96. The highest BCUT2D eigenvalue weighted by molar-refractivity contribution is 5.21. The number of aromatic nitrogens is 2. The van der Waals surface area contributed by atoms with Gasteiger partial charge in [-0.15, -0.1) is 0 Å². The molecule has 1 aromatic rings. The number of hydrogen-bond acceptors (Lipinski definition) is 2. The molecule has 0 fully saturated rings. The van der Waals surface area contributed by atoms with E-state index in [2.05, 4.69) is 16.0 Å². The second kappa shape index (κ2) is 3.40. The normalized spacial score (nSPS) is 12.5. The SMILES string of the molecule is CCc1nc([C@H](C)C#N)c(C)[nH]1. The summed E-state index contributed by atoms with van der Waals surface area (Å²) in [5.41, 5.74) is 1.90. The van der Waals surface area contributed by atoms with Gasteiger partial charge in [-0.25, -0.2) is 4.98 Å². The molecule has 1 rings (SSSR count). The van der Waals surface area contributed by atoms with Crippen molar-refractivity contribution in [2.24, 2.45) is 0 Å². The van der Waals surface area contributed by atoms with Crippen LogP contribution >= 0.6 is 0 Å². The first-order chi connectivity index (χ1) is 5.69. The van der Waals surface area contributed by atoms with E-state index in [4.69, 9.17) is 5.26 Å². The molecule has 0 spiro atoms. The second-order valence-electron chi connectivity index (χ2n) is 2.90. The summed E-state index contributed by atoms with van der Waals surface area (Å²) < 4.78 is 0. The number of nitriles is 1. The summed E-state index contributed by atoms with van der Waals surface area (Å²) in [7, 11) is 0. The van der Waals surface area contributed by atoms with Crippen molar-refractivity contribution >= 4 is 0 Å². The van der Waals surface area contributed by atoms with E-state index in [0.717, 1.165) is 23.6 Å². The van der Waals surface area contributed by atoms with E-state index in [1.165, 1.54) is 0 Å². The minimum atomic E-state index is -0.110. The zero-order valence-electron chi connectivity index (χ0n) is 7.68. The number of rotatable bonds is 2. The van der Waals surface area contributed by atoms with E-state index in [1.54, 1.807) is 0 Å². The van der Waals surface area contributed by atoms with Crippen molar-refractivity contribution in [1.82, 2.24) is 9.97 Å². The predicted molar refractivity (Wildman–Crippen MR) is 46.7 cm³/mol. The van der Waals surface area contributed by atoms with E-state index in [0.29, 0.717) is 0 Å². The molecule has 64 valence electrons. The summed E-state index contributed by atoms with van der Waals surface area (Å²) in [5.74, 6) is 0.853. The lowest BCUT2D eigenvalue weighted by molar-refractivity contribution is 0.903. The molecule has 0 amide bonds. The molecule has 0 unspecified atom stereocenters. The molecule has 0 aromatic carbocycles. The Labute approximate surface area is 72.4 Å². The lowest BCUT2D eigenvalue weighted by atomic mass is 10.1. The molecule has 0 radical (unpaired) electrons. The van der Waals surface area contributed by atoms with Gasteiger partial charge in [-0.2, -0.15) is 5.26 Å². The molecule has 3 heteroatoms. The van der Waals surface area contributed by atoms with Crippen molar-refractivity contribution in [3.05, 3.63) is 17.2 Å². The van der Waals surface area contributed by atoms with Gasteiger partial charge < -0.3 is 4.98 Å². The first kappa shape index (κ1) is 8.79. The summed E-state index contributed by atoms with van der Waals surface area (Å²) in [6.07, 6.45) is 0.888. The number of hydrogen-bond donors (Lipinski definition) is 1. The average molecular weight is 163 g/mol. The van der Waals surface area contributed by atoms with Crippen LogP contribution in [0.4, 0.5) is 0 Å². The number of aromatic amines is 1. The number of aryl methyl sites for hydroxylation is 2. The number of nitrogens with zero attached hydrogens (tertiary/aromatic N) is 2. The summed E-state index contributed by atoms with van der Waals surface area (Å²) >= 11 is 0. The molecular formula is C9H13N3. The molecule has 1 atom stereocenters. The molecule has 1 heterocycles. The Kier molecular flexibility index (Phi) is 2.49. The fourth-order valence-corrected chi connectivity index (χ4v) is 1.19. The molecule has 1 N–H and O–H groups in total. The minimum absolute atomic E-state index is 0.110. The van der Waals surface area contributed by atoms with Gasteiger partial charge in [0, 0.05) is 12.1 Å². The van der Waals surface area contributed by atoms with Crippen molar-refractivity contribution in [1.29, 1.82) is 5.26 Å². The Morgan fingerprint density at radius 3 is 2.75 bits per heavy atom. The van der Waals surface area contributed by atoms with E-state index >= 15 is 0 Å². The lowest BCUT2D eigenvalue weighted by Crippen LogP contribution is -1.92. The Bertz CT molecular complexity index is 306. The quantitative estimate of drug-likeness (QED) is 0.724. The number of nitrogens with one attached hydrogen (secondary N) is 1. The molecular weight excluding hydrogens is 150 g/mol. The fraction of sp³-hybridized carbons (Fsp3) is 0.556. The van der Waals surface area contributed by atoms with Gasteiger partial charge in [0.1, 0.15) is 5.82 Å². The van der Waals surface area contributed by atoms with Crippen molar-refractivity contribution in [2.45, 2.75) is 33.1 Å². The zero-order valence-corrected chi connectivity index (χ0v) is 7.68. The van der Waals surface area contributed by atoms with Gasteiger partial charge >= 0.3 is 0 Å². The van der Waals surface area contributed by atoms with Gasteiger partial charge in [-0.05, 0) is 13.8 Å². The van der Waals surface area contributed by atoms with Crippen LogP contribution in [0.2, 0.25) is 0 Å². The molecule has 0 saturated heterocycles. The van der Waals surface area contributed by atoms with Crippen LogP contribution in [0.25, 0.3) is 0 Å². The maximum atomic E-state index is 8.69. The van der Waals surface area contributed by atoms with Gasteiger partial charge in [0.05, 0.1) is 17.7 Å². The summed E-state index contributed by atoms with van der Waals surface area (Å²) in [4.78, 5) is 7.47. The van der Waals surface area contributed by atoms with Crippen molar-refractivity contribution < 1.29 is 0 Å². The Balaban J connectivity index is 3.01. The van der Waals surface area contributed by atoms with Crippen molar-refractivity contribution in [3.8, 4) is 6.07 Å².